The van der Waals surface area contributed by atoms with E-state index >= 15 is 0 Å². The fourth-order valence-corrected chi connectivity index (χ4v) is 2.16. The SMILES string of the molecule is Cn1cncc1C(O)c1cccc2ncccc12. The summed E-state index contributed by atoms with van der Waals surface area (Å²) in [6.07, 6.45) is 4.43. The number of nitrogens with zero attached hydrogens (tertiary/aromatic N) is 3. The van der Waals surface area contributed by atoms with Gasteiger partial charge in [-0.3, -0.25) is 4.98 Å². The molecule has 0 spiro atoms. The maximum absolute atomic E-state index is 10.5. The molecule has 3 aromatic rings. The minimum Gasteiger partial charge on any atom is -0.382 e. The van der Waals surface area contributed by atoms with Crippen molar-refractivity contribution in [3.05, 3.63) is 60.3 Å². The lowest BCUT2D eigenvalue weighted by Gasteiger charge is -2.13. The number of pyridine rings is 1. The minimum atomic E-state index is -0.689. The van der Waals surface area contributed by atoms with E-state index < -0.39 is 6.10 Å². The van der Waals surface area contributed by atoms with Crippen LogP contribution in [0.25, 0.3) is 10.9 Å². The van der Waals surface area contributed by atoms with Gasteiger partial charge in [-0.2, -0.15) is 0 Å². The number of benzene rings is 1. The molecule has 1 N–H and O–H groups in total. The Morgan fingerprint density at radius 3 is 2.89 bits per heavy atom. The molecule has 0 radical (unpaired) electrons. The molecular formula is C14H13N3O. The van der Waals surface area contributed by atoms with Crippen molar-refractivity contribution in [3.8, 4) is 0 Å². The molecule has 4 nitrogen and oxygen atoms in total. The van der Waals surface area contributed by atoms with Crippen molar-refractivity contribution < 1.29 is 5.11 Å². The number of fused-ring (bicyclic) bond motifs is 1. The lowest BCUT2D eigenvalue weighted by atomic mass is 10.0. The minimum absolute atomic E-state index is 0.689. The number of aromatic nitrogens is 3. The van der Waals surface area contributed by atoms with Crippen molar-refractivity contribution in [1.29, 1.82) is 0 Å². The van der Waals surface area contributed by atoms with Gasteiger partial charge in [0.1, 0.15) is 6.10 Å². The molecule has 0 bridgehead atoms. The highest BCUT2D eigenvalue weighted by Crippen LogP contribution is 2.27. The zero-order valence-corrected chi connectivity index (χ0v) is 9.99. The van der Waals surface area contributed by atoms with Crippen LogP contribution in [-0.4, -0.2) is 19.6 Å². The van der Waals surface area contributed by atoms with E-state index in [1.54, 1.807) is 18.7 Å². The second-order valence-corrected chi connectivity index (χ2v) is 4.25. The van der Waals surface area contributed by atoms with Crippen molar-refractivity contribution in [2.24, 2.45) is 7.05 Å². The highest BCUT2D eigenvalue weighted by molar-refractivity contribution is 5.82. The second-order valence-electron chi connectivity index (χ2n) is 4.25. The molecule has 0 amide bonds. The fraction of sp³-hybridized carbons (Fsp3) is 0.143. The molecule has 1 unspecified atom stereocenters. The molecule has 0 saturated heterocycles. The van der Waals surface area contributed by atoms with E-state index in [-0.39, 0.29) is 0 Å². The number of imidazole rings is 1. The largest absolute Gasteiger partial charge is 0.382 e. The van der Waals surface area contributed by atoms with Crippen molar-refractivity contribution in [2.45, 2.75) is 6.10 Å². The summed E-state index contributed by atoms with van der Waals surface area (Å²) in [6.45, 7) is 0. The third-order valence-electron chi connectivity index (χ3n) is 3.11. The second kappa shape index (κ2) is 4.23. The average molecular weight is 239 g/mol. The summed E-state index contributed by atoms with van der Waals surface area (Å²) < 4.78 is 1.82. The summed E-state index contributed by atoms with van der Waals surface area (Å²) in [6, 6.07) is 9.61. The van der Waals surface area contributed by atoms with Crippen molar-refractivity contribution >= 4 is 10.9 Å². The van der Waals surface area contributed by atoms with Crippen LogP contribution in [-0.2, 0) is 7.05 Å². The molecular weight excluding hydrogens is 226 g/mol. The van der Waals surface area contributed by atoms with E-state index in [0.717, 1.165) is 22.2 Å². The summed E-state index contributed by atoms with van der Waals surface area (Å²) in [7, 11) is 1.87. The summed E-state index contributed by atoms with van der Waals surface area (Å²) in [5, 5.41) is 11.4. The van der Waals surface area contributed by atoms with Crippen LogP contribution in [0.5, 0.6) is 0 Å². The van der Waals surface area contributed by atoms with E-state index in [0.29, 0.717) is 0 Å². The van der Waals surface area contributed by atoms with Crippen LogP contribution in [0.2, 0.25) is 0 Å². The highest BCUT2D eigenvalue weighted by Gasteiger charge is 2.16. The normalized spacial score (nSPS) is 12.8. The maximum atomic E-state index is 10.5. The van der Waals surface area contributed by atoms with E-state index in [1.165, 1.54) is 0 Å². The van der Waals surface area contributed by atoms with Crippen LogP contribution in [0.4, 0.5) is 0 Å². The third-order valence-corrected chi connectivity index (χ3v) is 3.11. The monoisotopic (exact) mass is 239 g/mol. The zero-order chi connectivity index (χ0) is 12.5. The molecule has 0 fully saturated rings. The molecule has 0 saturated carbocycles. The Morgan fingerprint density at radius 1 is 1.22 bits per heavy atom. The fourth-order valence-electron chi connectivity index (χ4n) is 2.16. The molecule has 90 valence electrons. The standard InChI is InChI=1S/C14H13N3O/c1-17-9-15-8-13(17)14(18)11-4-2-6-12-10(11)5-3-7-16-12/h2-9,14,18H,1H3. The summed E-state index contributed by atoms with van der Waals surface area (Å²) in [5.74, 6) is 0. The molecule has 18 heavy (non-hydrogen) atoms. The van der Waals surface area contributed by atoms with Crippen LogP contribution < -0.4 is 0 Å². The number of hydrogen-bond acceptors (Lipinski definition) is 3. The molecule has 0 aliphatic heterocycles. The number of aryl methyl sites for hydroxylation is 1. The summed E-state index contributed by atoms with van der Waals surface area (Å²) in [5.41, 5.74) is 2.51. The van der Waals surface area contributed by atoms with E-state index in [1.807, 2.05) is 41.9 Å². The first kappa shape index (κ1) is 10.9. The van der Waals surface area contributed by atoms with Gasteiger partial charge in [-0.1, -0.05) is 18.2 Å². The van der Waals surface area contributed by atoms with Gasteiger partial charge in [0, 0.05) is 18.6 Å². The molecule has 2 heterocycles. The van der Waals surface area contributed by atoms with Gasteiger partial charge in [-0.15, -0.1) is 0 Å². The lowest BCUT2D eigenvalue weighted by molar-refractivity contribution is 0.213. The van der Waals surface area contributed by atoms with Gasteiger partial charge in [-0.25, -0.2) is 4.98 Å². The Kier molecular flexibility index (Phi) is 2.57. The molecule has 4 heteroatoms. The van der Waals surface area contributed by atoms with E-state index in [2.05, 4.69) is 9.97 Å². The lowest BCUT2D eigenvalue weighted by Crippen LogP contribution is -2.05. The van der Waals surface area contributed by atoms with Crippen LogP contribution in [0.1, 0.15) is 17.4 Å². The average Bonchev–Trinajstić information content (AvgIpc) is 2.83. The topological polar surface area (TPSA) is 50.9 Å². The highest BCUT2D eigenvalue weighted by atomic mass is 16.3. The van der Waals surface area contributed by atoms with Gasteiger partial charge in [0.05, 0.1) is 23.7 Å². The van der Waals surface area contributed by atoms with Gasteiger partial charge in [-0.05, 0) is 17.7 Å². The zero-order valence-electron chi connectivity index (χ0n) is 9.99. The van der Waals surface area contributed by atoms with Crippen molar-refractivity contribution in [2.75, 3.05) is 0 Å². The number of aliphatic hydroxyl groups excluding tert-OH is 1. The summed E-state index contributed by atoms with van der Waals surface area (Å²) >= 11 is 0. The van der Waals surface area contributed by atoms with Crippen LogP contribution >= 0.6 is 0 Å². The Bertz CT molecular complexity index is 685. The van der Waals surface area contributed by atoms with Gasteiger partial charge < -0.3 is 9.67 Å². The molecule has 1 atom stereocenters. The molecule has 2 aromatic heterocycles. The molecule has 0 aliphatic carbocycles. The van der Waals surface area contributed by atoms with Crippen molar-refractivity contribution in [3.63, 3.8) is 0 Å². The Balaban J connectivity index is 2.18. The van der Waals surface area contributed by atoms with E-state index in [9.17, 15) is 5.11 Å². The molecule has 1 aromatic carbocycles. The number of aliphatic hydroxyl groups is 1. The predicted octanol–water partition coefficient (Wildman–Crippen LogP) is 2.05. The van der Waals surface area contributed by atoms with Crippen LogP contribution in [0, 0.1) is 0 Å². The van der Waals surface area contributed by atoms with Gasteiger partial charge >= 0.3 is 0 Å². The first-order valence-electron chi connectivity index (χ1n) is 5.75. The quantitative estimate of drug-likeness (QED) is 0.744. The smallest absolute Gasteiger partial charge is 0.121 e. The van der Waals surface area contributed by atoms with E-state index in [4.69, 9.17) is 0 Å². The maximum Gasteiger partial charge on any atom is 0.121 e. The van der Waals surface area contributed by atoms with Gasteiger partial charge in [0.2, 0.25) is 0 Å². The number of rotatable bonds is 2. The Morgan fingerprint density at radius 2 is 2.11 bits per heavy atom. The van der Waals surface area contributed by atoms with Gasteiger partial charge in [0.15, 0.2) is 0 Å². The summed E-state index contributed by atoms with van der Waals surface area (Å²) in [4.78, 5) is 8.33. The Labute approximate surface area is 105 Å². The first-order chi connectivity index (χ1) is 8.77. The predicted molar refractivity (Wildman–Crippen MR) is 69.0 cm³/mol. The number of hydrogen-bond donors (Lipinski definition) is 1. The van der Waals surface area contributed by atoms with Crippen LogP contribution in [0.15, 0.2) is 49.1 Å². The van der Waals surface area contributed by atoms with Crippen LogP contribution in [0.3, 0.4) is 0 Å². The Hall–Kier alpha value is -2.20. The third kappa shape index (κ3) is 1.67. The first-order valence-corrected chi connectivity index (χ1v) is 5.75. The van der Waals surface area contributed by atoms with Crippen molar-refractivity contribution in [1.82, 2.24) is 14.5 Å². The molecule has 3 rings (SSSR count). The molecule has 0 aliphatic rings. The van der Waals surface area contributed by atoms with Gasteiger partial charge in [0.25, 0.3) is 0 Å².